The zero-order chi connectivity index (χ0) is 8.55. The summed E-state index contributed by atoms with van der Waals surface area (Å²) >= 11 is 1.71. The third-order valence-corrected chi connectivity index (χ3v) is 3.65. The monoisotopic (exact) mass is 183 g/mol. The summed E-state index contributed by atoms with van der Waals surface area (Å²) in [4.78, 5) is 4.28. The lowest BCUT2D eigenvalue weighted by Crippen LogP contribution is -2.38. The summed E-state index contributed by atoms with van der Waals surface area (Å²) in [5, 5.41) is 12.7. The highest BCUT2D eigenvalue weighted by Gasteiger charge is 2.40. The van der Waals surface area contributed by atoms with Crippen molar-refractivity contribution >= 4 is 11.3 Å². The number of hydrogen-bond donors (Lipinski definition) is 1. The number of thiazole rings is 1. The van der Waals surface area contributed by atoms with Gasteiger partial charge in [0.25, 0.3) is 0 Å². The quantitative estimate of drug-likeness (QED) is 0.761. The Morgan fingerprint density at radius 2 is 2.58 bits per heavy atom. The van der Waals surface area contributed by atoms with Gasteiger partial charge >= 0.3 is 0 Å². The molecular formula is C9H13NOS. The average Bonchev–Trinajstić information content (AvgIpc) is 2.52. The van der Waals surface area contributed by atoms with E-state index in [0.29, 0.717) is 11.8 Å². The van der Waals surface area contributed by atoms with Crippen molar-refractivity contribution in [2.24, 2.45) is 5.92 Å². The Balaban J connectivity index is 2.08. The maximum atomic E-state index is 9.45. The van der Waals surface area contributed by atoms with Crippen molar-refractivity contribution in [3.8, 4) is 0 Å². The van der Waals surface area contributed by atoms with Crippen LogP contribution < -0.4 is 0 Å². The maximum Gasteiger partial charge on any atom is 0.0960 e. The molecule has 2 nitrogen and oxygen atoms in total. The molecule has 0 aliphatic heterocycles. The molecule has 1 saturated carbocycles. The Hall–Kier alpha value is -0.410. The third-order valence-electron chi connectivity index (χ3n) is 2.75. The standard InChI is InChI=1S/C9H13NOS/c1-2-6-7(5-8(6)11)9-10-3-4-12-9/h3-4,6-8,11H,2,5H2,1H3. The molecule has 3 unspecified atom stereocenters. The van der Waals surface area contributed by atoms with Crippen molar-refractivity contribution in [1.82, 2.24) is 4.98 Å². The highest BCUT2D eigenvalue weighted by Crippen LogP contribution is 2.44. The number of aliphatic hydroxyl groups is 1. The summed E-state index contributed by atoms with van der Waals surface area (Å²) in [6, 6.07) is 0. The van der Waals surface area contributed by atoms with Crippen molar-refractivity contribution in [1.29, 1.82) is 0 Å². The maximum absolute atomic E-state index is 9.45. The lowest BCUT2D eigenvalue weighted by molar-refractivity contribution is -0.000788. The Bertz CT molecular complexity index is 247. The molecule has 1 aromatic heterocycles. The SMILES string of the molecule is CCC1C(O)CC1c1nccs1. The van der Waals surface area contributed by atoms with Crippen LogP contribution in [0.2, 0.25) is 0 Å². The van der Waals surface area contributed by atoms with E-state index in [4.69, 9.17) is 0 Å². The van der Waals surface area contributed by atoms with Crippen molar-refractivity contribution in [2.45, 2.75) is 31.8 Å². The normalized spacial score (nSPS) is 34.7. The summed E-state index contributed by atoms with van der Waals surface area (Å²) in [6.07, 6.45) is 3.73. The first-order valence-electron chi connectivity index (χ1n) is 4.40. The van der Waals surface area contributed by atoms with Crippen LogP contribution in [0.5, 0.6) is 0 Å². The van der Waals surface area contributed by atoms with Crippen molar-refractivity contribution in [2.75, 3.05) is 0 Å². The third kappa shape index (κ3) is 1.17. The minimum Gasteiger partial charge on any atom is -0.393 e. The fourth-order valence-corrected chi connectivity index (χ4v) is 2.77. The number of rotatable bonds is 2. The van der Waals surface area contributed by atoms with E-state index in [1.807, 2.05) is 11.6 Å². The first-order chi connectivity index (χ1) is 5.83. The van der Waals surface area contributed by atoms with Crippen LogP contribution in [-0.4, -0.2) is 16.2 Å². The zero-order valence-corrected chi connectivity index (χ0v) is 7.92. The predicted molar refractivity (Wildman–Crippen MR) is 49.3 cm³/mol. The summed E-state index contributed by atoms with van der Waals surface area (Å²) in [5.41, 5.74) is 0. The minimum absolute atomic E-state index is 0.0797. The van der Waals surface area contributed by atoms with E-state index in [1.165, 1.54) is 5.01 Å². The van der Waals surface area contributed by atoms with E-state index < -0.39 is 0 Å². The van der Waals surface area contributed by atoms with Gasteiger partial charge in [-0.15, -0.1) is 11.3 Å². The molecule has 66 valence electrons. The summed E-state index contributed by atoms with van der Waals surface area (Å²) in [5.74, 6) is 0.987. The second kappa shape index (κ2) is 3.15. The molecule has 0 radical (unpaired) electrons. The van der Waals surface area contributed by atoms with Gasteiger partial charge in [-0.25, -0.2) is 4.98 Å². The molecule has 1 fully saturated rings. The molecule has 0 saturated heterocycles. The second-order valence-electron chi connectivity index (χ2n) is 3.35. The highest BCUT2D eigenvalue weighted by atomic mass is 32.1. The van der Waals surface area contributed by atoms with Gasteiger partial charge in [-0.3, -0.25) is 0 Å². The Morgan fingerprint density at radius 1 is 1.75 bits per heavy atom. The molecule has 0 spiro atoms. The lowest BCUT2D eigenvalue weighted by atomic mass is 9.70. The van der Waals surface area contributed by atoms with E-state index in [2.05, 4.69) is 11.9 Å². The lowest BCUT2D eigenvalue weighted by Gasteiger charge is -2.40. The van der Waals surface area contributed by atoms with Gasteiger partial charge in [0.05, 0.1) is 11.1 Å². The second-order valence-corrected chi connectivity index (χ2v) is 4.28. The van der Waals surface area contributed by atoms with Crippen molar-refractivity contribution in [3.63, 3.8) is 0 Å². The Labute approximate surface area is 76.3 Å². The zero-order valence-electron chi connectivity index (χ0n) is 7.10. The summed E-state index contributed by atoms with van der Waals surface area (Å²) < 4.78 is 0. The molecular weight excluding hydrogens is 170 g/mol. The average molecular weight is 183 g/mol. The fourth-order valence-electron chi connectivity index (χ4n) is 1.94. The number of aromatic nitrogens is 1. The van der Waals surface area contributed by atoms with Crippen LogP contribution in [0.4, 0.5) is 0 Å². The van der Waals surface area contributed by atoms with Crippen LogP contribution in [-0.2, 0) is 0 Å². The number of nitrogens with zero attached hydrogens (tertiary/aromatic N) is 1. The smallest absolute Gasteiger partial charge is 0.0960 e. The molecule has 1 N–H and O–H groups in total. The molecule has 1 aromatic rings. The van der Waals surface area contributed by atoms with Crippen LogP contribution in [0.15, 0.2) is 11.6 Å². The van der Waals surface area contributed by atoms with Gasteiger partial charge in [0.1, 0.15) is 0 Å². The largest absolute Gasteiger partial charge is 0.393 e. The first kappa shape index (κ1) is 8.20. The van der Waals surface area contributed by atoms with E-state index >= 15 is 0 Å². The van der Waals surface area contributed by atoms with Crippen molar-refractivity contribution < 1.29 is 5.11 Å². The van der Waals surface area contributed by atoms with Gasteiger partial charge in [0.2, 0.25) is 0 Å². The van der Waals surface area contributed by atoms with Crippen LogP contribution in [0.3, 0.4) is 0 Å². The summed E-state index contributed by atoms with van der Waals surface area (Å²) in [6.45, 7) is 2.13. The molecule has 1 aliphatic carbocycles. The van der Waals surface area contributed by atoms with Crippen LogP contribution in [0.1, 0.15) is 30.7 Å². The molecule has 12 heavy (non-hydrogen) atoms. The van der Waals surface area contributed by atoms with Gasteiger partial charge in [-0.1, -0.05) is 13.3 Å². The fraction of sp³-hybridized carbons (Fsp3) is 0.667. The van der Waals surface area contributed by atoms with Crippen molar-refractivity contribution in [3.05, 3.63) is 16.6 Å². The molecule has 2 rings (SSSR count). The first-order valence-corrected chi connectivity index (χ1v) is 5.28. The van der Waals surface area contributed by atoms with Crippen LogP contribution >= 0.6 is 11.3 Å². The number of aliphatic hydroxyl groups excluding tert-OH is 1. The summed E-state index contributed by atoms with van der Waals surface area (Å²) in [7, 11) is 0. The Morgan fingerprint density at radius 3 is 3.08 bits per heavy atom. The highest BCUT2D eigenvalue weighted by molar-refractivity contribution is 7.09. The van der Waals surface area contributed by atoms with Gasteiger partial charge in [0.15, 0.2) is 0 Å². The van der Waals surface area contributed by atoms with E-state index in [9.17, 15) is 5.11 Å². The number of hydrogen-bond acceptors (Lipinski definition) is 3. The van der Waals surface area contributed by atoms with Gasteiger partial charge in [-0.2, -0.15) is 0 Å². The molecule has 0 amide bonds. The van der Waals surface area contributed by atoms with Gasteiger partial charge in [-0.05, 0) is 12.3 Å². The topological polar surface area (TPSA) is 33.1 Å². The van der Waals surface area contributed by atoms with E-state index in [1.54, 1.807) is 11.3 Å². The molecule has 1 aliphatic rings. The molecule has 0 aromatic carbocycles. The molecule has 0 bridgehead atoms. The van der Waals surface area contributed by atoms with E-state index in [0.717, 1.165) is 12.8 Å². The van der Waals surface area contributed by atoms with Crippen LogP contribution in [0.25, 0.3) is 0 Å². The predicted octanol–water partition coefficient (Wildman–Crippen LogP) is 2.02. The van der Waals surface area contributed by atoms with Crippen LogP contribution in [0, 0.1) is 5.92 Å². The molecule has 3 heteroatoms. The Kier molecular flexibility index (Phi) is 2.15. The van der Waals surface area contributed by atoms with Gasteiger partial charge in [0, 0.05) is 17.5 Å². The molecule has 3 atom stereocenters. The molecule has 1 heterocycles. The van der Waals surface area contributed by atoms with E-state index in [-0.39, 0.29) is 6.10 Å². The van der Waals surface area contributed by atoms with Gasteiger partial charge < -0.3 is 5.11 Å². The minimum atomic E-state index is -0.0797.